The van der Waals surface area contributed by atoms with E-state index in [1.54, 1.807) is 0 Å². The Morgan fingerprint density at radius 3 is 2.33 bits per heavy atom. The first kappa shape index (κ1) is 12.7. The van der Waals surface area contributed by atoms with E-state index in [-0.39, 0.29) is 0 Å². The van der Waals surface area contributed by atoms with Gasteiger partial charge >= 0.3 is 0 Å². The van der Waals surface area contributed by atoms with Gasteiger partial charge in [-0.25, -0.2) is 0 Å². The first-order chi connectivity index (χ1) is 8.75. The van der Waals surface area contributed by atoms with Gasteiger partial charge in [-0.2, -0.15) is 0 Å². The van der Waals surface area contributed by atoms with Crippen LogP contribution < -0.4 is 4.74 Å². The minimum atomic E-state index is -0.461. The second-order valence-corrected chi connectivity index (χ2v) is 4.38. The molecule has 18 heavy (non-hydrogen) atoms. The van der Waals surface area contributed by atoms with Crippen molar-refractivity contribution in [2.24, 2.45) is 0 Å². The van der Waals surface area contributed by atoms with Crippen molar-refractivity contribution in [1.82, 2.24) is 0 Å². The SMILES string of the molecule is Cc1ccc(OCCC(O)c2ccccc2)cc1. The summed E-state index contributed by atoms with van der Waals surface area (Å²) in [7, 11) is 0. The Labute approximate surface area is 108 Å². The summed E-state index contributed by atoms with van der Waals surface area (Å²) >= 11 is 0. The van der Waals surface area contributed by atoms with Crippen molar-refractivity contribution in [3.63, 3.8) is 0 Å². The Morgan fingerprint density at radius 2 is 1.67 bits per heavy atom. The van der Waals surface area contributed by atoms with Crippen molar-refractivity contribution in [2.45, 2.75) is 19.4 Å². The maximum Gasteiger partial charge on any atom is 0.119 e. The summed E-state index contributed by atoms with van der Waals surface area (Å²) in [5.74, 6) is 0.848. The van der Waals surface area contributed by atoms with E-state index in [0.29, 0.717) is 13.0 Å². The van der Waals surface area contributed by atoms with Crippen molar-refractivity contribution in [3.8, 4) is 5.75 Å². The molecule has 1 N–H and O–H groups in total. The summed E-state index contributed by atoms with van der Waals surface area (Å²) in [5.41, 5.74) is 2.15. The van der Waals surface area contributed by atoms with Crippen molar-refractivity contribution in [1.29, 1.82) is 0 Å². The van der Waals surface area contributed by atoms with Crippen LogP contribution in [0.4, 0.5) is 0 Å². The van der Waals surface area contributed by atoms with E-state index in [1.807, 2.05) is 61.5 Å². The Kier molecular flexibility index (Phi) is 4.37. The summed E-state index contributed by atoms with van der Waals surface area (Å²) < 4.78 is 5.59. The van der Waals surface area contributed by atoms with Crippen molar-refractivity contribution < 1.29 is 9.84 Å². The van der Waals surface area contributed by atoms with Crippen LogP contribution in [-0.2, 0) is 0 Å². The zero-order valence-electron chi connectivity index (χ0n) is 10.5. The number of aliphatic hydroxyl groups excluding tert-OH is 1. The van der Waals surface area contributed by atoms with E-state index in [9.17, 15) is 5.11 Å². The first-order valence-electron chi connectivity index (χ1n) is 6.18. The molecule has 0 bridgehead atoms. The van der Waals surface area contributed by atoms with Gasteiger partial charge in [0.15, 0.2) is 0 Å². The lowest BCUT2D eigenvalue weighted by Gasteiger charge is -2.12. The highest BCUT2D eigenvalue weighted by molar-refractivity contribution is 5.26. The number of rotatable bonds is 5. The van der Waals surface area contributed by atoms with Crippen LogP contribution in [-0.4, -0.2) is 11.7 Å². The highest BCUT2D eigenvalue weighted by atomic mass is 16.5. The Balaban J connectivity index is 1.80. The largest absolute Gasteiger partial charge is 0.493 e. The highest BCUT2D eigenvalue weighted by Gasteiger charge is 2.06. The van der Waals surface area contributed by atoms with Gasteiger partial charge in [0, 0.05) is 6.42 Å². The average molecular weight is 242 g/mol. The van der Waals surface area contributed by atoms with Gasteiger partial charge in [0.05, 0.1) is 12.7 Å². The average Bonchev–Trinajstić information content (AvgIpc) is 2.42. The fourth-order valence-electron chi connectivity index (χ4n) is 1.76. The van der Waals surface area contributed by atoms with Crippen LogP contribution in [0.15, 0.2) is 54.6 Å². The van der Waals surface area contributed by atoms with E-state index in [1.165, 1.54) is 5.56 Å². The third-order valence-corrected chi connectivity index (χ3v) is 2.87. The van der Waals surface area contributed by atoms with E-state index < -0.39 is 6.10 Å². The molecule has 0 saturated heterocycles. The van der Waals surface area contributed by atoms with Crippen LogP contribution in [0.3, 0.4) is 0 Å². The fourth-order valence-corrected chi connectivity index (χ4v) is 1.76. The lowest BCUT2D eigenvalue weighted by atomic mass is 10.1. The molecule has 2 nitrogen and oxygen atoms in total. The molecule has 0 aliphatic rings. The van der Waals surface area contributed by atoms with Gasteiger partial charge in [-0.15, -0.1) is 0 Å². The summed E-state index contributed by atoms with van der Waals surface area (Å²) in [6, 6.07) is 17.6. The molecular weight excluding hydrogens is 224 g/mol. The predicted molar refractivity (Wildman–Crippen MR) is 72.7 cm³/mol. The van der Waals surface area contributed by atoms with E-state index in [2.05, 4.69) is 0 Å². The van der Waals surface area contributed by atoms with Crippen LogP contribution >= 0.6 is 0 Å². The molecular formula is C16H18O2. The van der Waals surface area contributed by atoms with Crippen LogP contribution in [0.2, 0.25) is 0 Å². The molecule has 0 aliphatic heterocycles. The van der Waals surface area contributed by atoms with E-state index in [0.717, 1.165) is 11.3 Å². The molecule has 2 aromatic carbocycles. The second-order valence-electron chi connectivity index (χ2n) is 4.38. The molecule has 0 aliphatic carbocycles. The Bertz CT molecular complexity index is 462. The predicted octanol–water partition coefficient (Wildman–Crippen LogP) is 3.50. The van der Waals surface area contributed by atoms with Crippen LogP contribution in [0.1, 0.15) is 23.7 Å². The van der Waals surface area contributed by atoms with Crippen molar-refractivity contribution in [3.05, 3.63) is 65.7 Å². The monoisotopic (exact) mass is 242 g/mol. The molecule has 0 heterocycles. The zero-order chi connectivity index (χ0) is 12.8. The van der Waals surface area contributed by atoms with Crippen molar-refractivity contribution in [2.75, 3.05) is 6.61 Å². The smallest absolute Gasteiger partial charge is 0.119 e. The number of hydrogen-bond acceptors (Lipinski definition) is 2. The van der Waals surface area contributed by atoms with Gasteiger partial charge in [0.1, 0.15) is 5.75 Å². The molecule has 1 unspecified atom stereocenters. The molecule has 2 heteroatoms. The number of benzene rings is 2. The van der Waals surface area contributed by atoms with E-state index >= 15 is 0 Å². The maximum atomic E-state index is 9.96. The minimum absolute atomic E-state index is 0.461. The van der Waals surface area contributed by atoms with Gasteiger partial charge in [-0.05, 0) is 24.6 Å². The number of aliphatic hydroxyl groups is 1. The third kappa shape index (κ3) is 3.60. The lowest BCUT2D eigenvalue weighted by molar-refractivity contribution is 0.141. The molecule has 2 aromatic rings. The minimum Gasteiger partial charge on any atom is -0.493 e. The van der Waals surface area contributed by atoms with Gasteiger partial charge < -0.3 is 9.84 Å². The second kappa shape index (κ2) is 6.22. The topological polar surface area (TPSA) is 29.5 Å². The number of ether oxygens (including phenoxy) is 1. The molecule has 0 amide bonds. The molecule has 0 fully saturated rings. The molecule has 1 atom stereocenters. The van der Waals surface area contributed by atoms with Gasteiger partial charge in [-0.1, -0.05) is 48.0 Å². The molecule has 94 valence electrons. The summed E-state index contributed by atoms with van der Waals surface area (Å²) in [6.07, 6.45) is 0.134. The zero-order valence-corrected chi connectivity index (χ0v) is 10.5. The van der Waals surface area contributed by atoms with Crippen LogP contribution in [0.25, 0.3) is 0 Å². The maximum absolute atomic E-state index is 9.96. The summed E-state index contributed by atoms with van der Waals surface area (Å²) in [6.45, 7) is 2.56. The van der Waals surface area contributed by atoms with Gasteiger partial charge in [0.2, 0.25) is 0 Å². The van der Waals surface area contributed by atoms with E-state index in [4.69, 9.17) is 4.74 Å². The Hall–Kier alpha value is -1.80. The first-order valence-corrected chi connectivity index (χ1v) is 6.18. The highest BCUT2D eigenvalue weighted by Crippen LogP contribution is 2.17. The fraction of sp³-hybridized carbons (Fsp3) is 0.250. The molecule has 0 spiro atoms. The quantitative estimate of drug-likeness (QED) is 0.869. The van der Waals surface area contributed by atoms with Crippen LogP contribution in [0.5, 0.6) is 5.75 Å². The number of aryl methyl sites for hydroxylation is 1. The third-order valence-electron chi connectivity index (χ3n) is 2.87. The normalized spacial score (nSPS) is 12.1. The van der Waals surface area contributed by atoms with Crippen molar-refractivity contribution >= 4 is 0 Å². The Morgan fingerprint density at radius 1 is 1.00 bits per heavy atom. The molecule has 0 saturated carbocycles. The molecule has 0 radical (unpaired) electrons. The molecule has 2 rings (SSSR count). The number of hydrogen-bond donors (Lipinski definition) is 1. The lowest BCUT2D eigenvalue weighted by Crippen LogP contribution is -2.05. The molecule has 0 aromatic heterocycles. The standard InChI is InChI=1S/C16H18O2/c1-13-7-9-15(10-8-13)18-12-11-16(17)14-5-3-2-4-6-14/h2-10,16-17H,11-12H2,1H3. The van der Waals surface area contributed by atoms with Gasteiger partial charge in [-0.3, -0.25) is 0 Å². The summed E-state index contributed by atoms with van der Waals surface area (Å²) in [5, 5.41) is 9.96. The van der Waals surface area contributed by atoms with Gasteiger partial charge in [0.25, 0.3) is 0 Å². The summed E-state index contributed by atoms with van der Waals surface area (Å²) in [4.78, 5) is 0. The van der Waals surface area contributed by atoms with Crippen LogP contribution in [0, 0.1) is 6.92 Å².